The third kappa shape index (κ3) is 5.43. The predicted molar refractivity (Wildman–Crippen MR) is 129 cm³/mol. The zero-order chi connectivity index (χ0) is 23.4. The molecule has 168 valence electrons. The van der Waals surface area contributed by atoms with E-state index in [9.17, 15) is 14.4 Å². The number of carbonyl (C=O) groups excluding carboxylic acids is 3. The quantitative estimate of drug-likeness (QED) is 0.346. The molecule has 33 heavy (non-hydrogen) atoms. The number of fused-ring (bicyclic) bond motifs is 1. The first-order valence-corrected chi connectivity index (χ1v) is 11.4. The molecule has 0 N–H and O–H groups in total. The molecule has 0 aromatic heterocycles. The lowest BCUT2D eigenvalue weighted by Gasteiger charge is -2.13. The third-order valence-electron chi connectivity index (χ3n) is 4.98. The van der Waals surface area contributed by atoms with E-state index in [1.807, 2.05) is 48.5 Å². The van der Waals surface area contributed by atoms with E-state index in [1.165, 1.54) is 5.39 Å². The second kappa shape index (κ2) is 9.92. The van der Waals surface area contributed by atoms with Crippen LogP contribution in [0.1, 0.15) is 25.0 Å². The monoisotopic (exact) mass is 461 g/mol. The number of amides is 2. The Hall–Kier alpha value is -3.58. The van der Waals surface area contributed by atoms with Gasteiger partial charge in [-0.2, -0.15) is 0 Å². The van der Waals surface area contributed by atoms with E-state index >= 15 is 0 Å². The molecule has 3 aromatic carbocycles. The van der Waals surface area contributed by atoms with Crippen LogP contribution in [0, 0.1) is 0 Å². The maximum absolute atomic E-state index is 12.6. The van der Waals surface area contributed by atoms with Crippen LogP contribution in [-0.2, 0) is 20.9 Å². The molecule has 1 fully saturated rings. The Kier molecular flexibility index (Phi) is 6.79. The highest BCUT2D eigenvalue weighted by Gasteiger charge is 2.36. The Labute approximate surface area is 196 Å². The van der Waals surface area contributed by atoms with Gasteiger partial charge in [-0.25, -0.2) is 0 Å². The topological polar surface area (TPSA) is 72.9 Å². The Bertz CT molecular complexity index is 1230. The summed E-state index contributed by atoms with van der Waals surface area (Å²) >= 11 is 0.810. The van der Waals surface area contributed by atoms with Crippen LogP contribution in [0.4, 0.5) is 4.79 Å². The van der Waals surface area contributed by atoms with Gasteiger partial charge < -0.3 is 9.47 Å². The lowest BCUT2D eigenvalue weighted by Crippen LogP contribution is -2.35. The Morgan fingerprint density at radius 1 is 1.00 bits per heavy atom. The van der Waals surface area contributed by atoms with E-state index in [0.717, 1.165) is 33.2 Å². The maximum atomic E-state index is 12.6. The van der Waals surface area contributed by atoms with Gasteiger partial charge in [-0.1, -0.05) is 54.6 Å². The fraction of sp³-hybridized carbons (Fsp3) is 0.192. The number of ether oxygens (including phenoxy) is 2. The molecule has 0 spiro atoms. The van der Waals surface area contributed by atoms with E-state index in [-0.39, 0.29) is 17.6 Å². The van der Waals surface area contributed by atoms with Crippen LogP contribution in [0.2, 0.25) is 0 Å². The van der Waals surface area contributed by atoms with E-state index in [1.54, 1.807) is 19.9 Å². The smallest absolute Gasteiger partial charge is 0.326 e. The highest BCUT2D eigenvalue weighted by atomic mass is 32.2. The van der Waals surface area contributed by atoms with Gasteiger partial charge >= 0.3 is 5.97 Å². The molecule has 0 saturated carbocycles. The maximum Gasteiger partial charge on any atom is 0.326 e. The number of rotatable bonds is 7. The molecule has 0 bridgehead atoms. The average molecular weight is 462 g/mol. The molecule has 1 heterocycles. The summed E-state index contributed by atoms with van der Waals surface area (Å²) in [5.74, 6) is -0.409. The number of thioether (sulfide) groups is 1. The second-order valence-electron chi connectivity index (χ2n) is 7.80. The minimum Gasteiger partial charge on any atom is -0.489 e. The molecule has 4 rings (SSSR count). The summed E-state index contributed by atoms with van der Waals surface area (Å²) in [4.78, 5) is 37.7. The van der Waals surface area contributed by atoms with Crippen molar-refractivity contribution in [3.05, 3.63) is 82.8 Å². The van der Waals surface area contributed by atoms with Crippen LogP contribution in [0.3, 0.4) is 0 Å². The first-order valence-electron chi connectivity index (χ1n) is 10.5. The SMILES string of the molecule is CC(C)OC(=O)CN1C(=O)S/C(=C\c2ccc(OCc3cccc4ccccc34)cc2)C1=O. The van der Waals surface area contributed by atoms with Gasteiger partial charge in [0.05, 0.1) is 11.0 Å². The number of hydrogen-bond acceptors (Lipinski definition) is 6. The number of imide groups is 1. The van der Waals surface area contributed by atoms with Crippen molar-refractivity contribution in [2.45, 2.75) is 26.6 Å². The standard InChI is InChI=1S/C26H23NO5S/c1-17(2)32-24(28)15-27-25(29)23(33-26(27)30)14-18-10-12-21(13-11-18)31-16-20-8-5-7-19-6-3-4-9-22(19)20/h3-14,17H,15-16H2,1-2H3/b23-14-. The summed E-state index contributed by atoms with van der Waals surface area (Å²) < 4.78 is 11.0. The van der Waals surface area contributed by atoms with Crippen molar-refractivity contribution < 1.29 is 23.9 Å². The zero-order valence-electron chi connectivity index (χ0n) is 18.3. The largest absolute Gasteiger partial charge is 0.489 e. The molecule has 0 radical (unpaired) electrons. The summed E-state index contributed by atoms with van der Waals surface area (Å²) in [7, 11) is 0. The first-order chi connectivity index (χ1) is 15.9. The minimum atomic E-state index is -0.610. The Balaban J connectivity index is 1.40. The van der Waals surface area contributed by atoms with Gasteiger partial charge in [0, 0.05) is 0 Å². The van der Waals surface area contributed by atoms with Crippen LogP contribution in [0.5, 0.6) is 5.75 Å². The van der Waals surface area contributed by atoms with Crippen molar-refractivity contribution >= 4 is 45.7 Å². The minimum absolute atomic E-state index is 0.266. The Morgan fingerprint density at radius 2 is 1.73 bits per heavy atom. The lowest BCUT2D eigenvalue weighted by atomic mass is 10.1. The molecule has 1 aliphatic heterocycles. The molecule has 0 atom stereocenters. The first kappa shape index (κ1) is 22.6. The Morgan fingerprint density at radius 3 is 2.48 bits per heavy atom. The number of esters is 1. The molecule has 6 nitrogen and oxygen atoms in total. The molecule has 1 saturated heterocycles. The summed E-state index contributed by atoms with van der Waals surface area (Å²) in [6.45, 7) is 3.47. The third-order valence-corrected chi connectivity index (χ3v) is 5.89. The zero-order valence-corrected chi connectivity index (χ0v) is 19.1. The molecule has 1 aliphatic rings. The van der Waals surface area contributed by atoms with Crippen molar-refractivity contribution in [3.8, 4) is 5.75 Å². The number of carbonyl (C=O) groups is 3. The van der Waals surface area contributed by atoms with Gasteiger partial charge in [-0.3, -0.25) is 19.3 Å². The van der Waals surface area contributed by atoms with Gasteiger partial charge in [0.2, 0.25) is 0 Å². The summed E-state index contributed by atoms with van der Waals surface area (Å²) in [5, 5.41) is 1.84. The van der Waals surface area contributed by atoms with Crippen LogP contribution >= 0.6 is 11.8 Å². The van der Waals surface area contributed by atoms with Gasteiger partial charge in [0.1, 0.15) is 18.9 Å². The van der Waals surface area contributed by atoms with Gasteiger partial charge in [-0.15, -0.1) is 0 Å². The molecular formula is C26H23NO5S. The molecule has 7 heteroatoms. The van der Waals surface area contributed by atoms with Crippen molar-refractivity contribution in [2.75, 3.05) is 6.54 Å². The molecule has 0 unspecified atom stereocenters. The van der Waals surface area contributed by atoms with Gasteiger partial charge in [-0.05, 0) is 65.7 Å². The number of hydrogen-bond donors (Lipinski definition) is 0. The number of nitrogens with zero attached hydrogens (tertiary/aromatic N) is 1. The molecule has 2 amide bonds. The van der Waals surface area contributed by atoms with Crippen LogP contribution in [0.15, 0.2) is 71.6 Å². The highest BCUT2D eigenvalue weighted by Crippen LogP contribution is 2.32. The van der Waals surface area contributed by atoms with E-state index in [0.29, 0.717) is 12.4 Å². The van der Waals surface area contributed by atoms with Crippen LogP contribution in [-0.4, -0.2) is 34.7 Å². The van der Waals surface area contributed by atoms with Crippen molar-refractivity contribution in [3.63, 3.8) is 0 Å². The van der Waals surface area contributed by atoms with E-state index in [2.05, 4.69) is 18.2 Å². The summed E-state index contributed by atoms with van der Waals surface area (Å²) in [5.41, 5.74) is 1.85. The lowest BCUT2D eigenvalue weighted by molar-refractivity contribution is -0.149. The van der Waals surface area contributed by atoms with Crippen molar-refractivity contribution in [1.29, 1.82) is 0 Å². The van der Waals surface area contributed by atoms with E-state index in [4.69, 9.17) is 9.47 Å². The van der Waals surface area contributed by atoms with Crippen LogP contribution in [0.25, 0.3) is 16.8 Å². The normalized spacial score (nSPS) is 15.0. The van der Waals surface area contributed by atoms with Crippen molar-refractivity contribution in [2.24, 2.45) is 0 Å². The predicted octanol–water partition coefficient (Wildman–Crippen LogP) is 5.41. The number of benzene rings is 3. The molecule has 3 aromatic rings. The van der Waals surface area contributed by atoms with Crippen LogP contribution < -0.4 is 4.74 Å². The summed E-state index contributed by atoms with van der Waals surface area (Å²) in [6, 6.07) is 21.6. The summed E-state index contributed by atoms with van der Waals surface area (Å²) in [6.07, 6.45) is 1.32. The average Bonchev–Trinajstić information content (AvgIpc) is 3.05. The fourth-order valence-electron chi connectivity index (χ4n) is 3.46. The molecule has 0 aliphatic carbocycles. The van der Waals surface area contributed by atoms with Gasteiger partial charge in [0.25, 0.3) is 11.1 Å². The fourth-order valence-corrected chi connectivity index (χ4v) is 4.29. The second-order valence-corrected chi connectivity index (χ2v) is 8.80. The van der Waals surface area contributed by atoms with Crippen molar-refractivity contribution in [1.82, 2.24) is 4.90 Å². The molecular weight excluding hydrogens is 438 g/mol. The van der Waals surface area contributed by atoms with Gasteiger partial charge in [0.15, 0.2) is 0 Å². The van der Waals surface area contributed by atoms with E-state index < -0.39 is 17.1 Å². The highest BCUT2D eigenvalue weighted by molar-refractivity contribution is 8.18.